The Labute approximate surface area is 175 Å². The molecule has 1 saturated heterocycles. The number of H-pyrrole nitrogens is 1. The maximum Gasteiger partial charge on any atom is 0.251 e. The molecule has 7 heteroatoms. The van der Waals surface area contributed by atoms with Gasteiger partial charge in [-0.1, -0.05) is 26.0 Å². The molecule has 0 aliphatic carbocycles. The molecule has 1 aromatic carbocycles. The van der Waals surface area contributed by atoms with E-state index in [1.54, 1.807) is 6.07 Å². The average molecular weight is 405 g/mol. The number of nitrogens with zero attached hydrogens (tertiary/aromatic N) is 3. The minimum atomic E-state index is -0.0914. The van der Waals surface area contributed by atoms with Crippen molar-refractivity contribution in [2.24, 2.45) is 0 Å². The van der Waals surface area contributed by atoms with E-state index < -0.39 is 0 Å². The van der Waals surface area contributed by atoms with Gasteiger partial charge in [0.2, 0.25) is 0 Å². The number of hydrogen-bond acceptors (Lipinski definition) is 5. The zero-order valence-corrected chi connectivity index (χ0v) is 17.7. The number of aryl methyl sites for hydroxylation is 1. The molecule has 0 spiro atoms. The molecule has 0 bridgehead atoms. The van der Waals surface area contributed by atoms with Crippen LogP contribution < -0.4 is 16.2 Å². The monoisotopic (exact) mass is 404 g/mol. The largest absolute Gasteiger partial charge is 0.340 e. The van der Waals surface area contributed by atoms with E-state index in [1.807, 2.05) is 61.7 Å². The predicted molar refractivity (Wildman–Crippen MR) is 122 cm³/mol. The maximum absolute atomic E-state index is 12.5. The summed E-state index contributed by atoms with van der Waals surface area (Å²) >= 11 is 0. The Morgan fingerprint density at radius 1 is 1.10 bits per heavy atom. The average Bonchev–Trinajstić information content (AvgIpc) is 3.15. The quantitative estimate of drug-likeness (QED) is 0.478. The Hall–Kier alpha value is -3.19. The van der Waals surface area contributed by atoms with Crippen LogP contribution in [-0.2, 0) is 0 Å². The third kappa shape index (κ3) is 3.80. The fraction of sp³-hybridized carbons (Fsp3) is 0.348. The number of aromatic amines is 1. The first kappa shape index (κ1) is 20.1. The van der Waals surface area contributed by atoms with Crippen molar-refractivity contribution in [1.82, 2.24) is 24.9 Å². The van der Waals surface area contributed by atoms with Crippen molar-refractivity contribution < 1.29 is 0 Å². The van der Waals surface area contributed by atoms with Crippen molar-refractivity contribution >= 4 is 28.1 Å². The molecule has 0 radical (unpaired) electrons. The molecule has 3 N–H and O–H groups in total. The molecule has 0 amide bonds. The zero-order valence-electron chi connectivity index (χ0n) is 17.7. The van der Waals surface area contributed by atoms with Crippen LogP contribution in [-0.4, -0.2) is 32.7 Å². The predicted octanol–water partition coefficient (Wildman–Crippen LogP) is 4.12. The minimum absolute atomic E-state index is 0.0914. The second kappa shape index (κ2) is 8.67. The summed E-state index contributed by atoms with van der Waals surface area (Å²) in [6, 6.07) is 13.5. The van der Waals surface area contributed by atoms with Gasteiger partial charge < -0.3 is 15.6 Å². The molecule has 7 nitrogen and oxygen atoms in total. The van der Waals surface area contributed by atoms with Gasteiger partial charge in [0, 0.05) is 17.7 Å². The van der Waals surface area contributed by atoms with Crippen LogP contribution in [0.5, 0.6) is 0 Å². The van der Waals surface area contributed by atoms with Gasteiger partial charge in [-0.2, -0.15) is 5.10 Å². The van der Waals surface area contributed by atoms with Crippen molar-refractivity contribution in [2.75, 3.05) is 18.4 Å². The fourth-order valence-electron chi connectivity index (χ4n) is 4.05. The molecule has 4 heterocycles. The van der Waals surface area contributed by atoms with Crippen LogP contribution in [0.3, 0.4) is 0 Å². The fourth-order valence-corrected chi connectivity index (χ4v) is 4.05. The maximum atomic E-state index is 12.5. The Kier molecular flexibility index (Phi) is 5.81. The SMILES string of the molecule is CC.Cc1cccc(Nc2cccc3nn4c(C5CCNCC5)cc(=O)[nH]c4c23)n1. The number of nitrogens with one attached hydrogen (secondary N) is 3. The molecule has 4 aromatic rings. The van der Waals surface area contributed by atoms with Gasteiger partial charge in [0.05, 0.1) is 22.3 Å². The summed E-state index contributed by atoms with van der Waals surface area (Å²) < 4.78 is 1.91. The van der Waals surface area contributed by atoms with Crippen LogP contribution in [0.25, 0.3) is 16.6 Å². The van der Waals surface area contributed by atoms with E-state index in [2.05, 4.69) is 20.6 Å². The Balaban J connectivity index is 0.00000106. The van der Waals surface area contributed by atoms with E-state index in [9.17, 15) is 4.79 Å². The van der Waals surface area contributed by atoms with E-state index in [1.165, 1.54) is 0 Å². The Morgan fingerprint density at radius 3 is 2.63 bits per heavy atom. The van der Waals surface area contributed by atoms with Crippen molar-refractivity contribution in [3.8, 4) is 0 Å². The topological polar surface area (TPSA) is 87.1 Å². The highest BCUT2D eigenvalue weighted by Gasteiger charge is 2.21. The third-order valence-electron chi connectivity index (χ3n) is 5.37. The summed E-state index contributed by atoms with van der Waals surface area (Å²) in [7, 11) is 0. The molecule has 1 fully saturated rings. The van der Waals surface area contributed by atoms with Gasteiger partial charge in [-0.05, 0) is 57.1 Å². The summed E-state index contributed by atoms with van der Waals surface area (Å²) in [6.07, 6.45) is 2.01. The second-order valence-electron chi connectivity index (χ2n) is 7.33. The van der Waals surface area contributed by atoms with Gasteiger partial charge in [-0.15, -0.1) is 0 Å². The number of pyridine rings is 1. The summed E-state index contributed by atoms with van der Waals surface area (Å²) in [6.45, 7) is 7.89. The summed E-state index contributed by atoms with van der Waals surface area (Å²) in [5, 5.41) is 12.5. The van der Waals surface area contributed by atoms with Crippen LogP contribution in [0, 0.1) is 6.92 Å². The molecule has 1 aliphatic heterocycles. The summed E-state index contributed by atoms with van der Waals surface area (Å²) in [5.41, 5.74) is 4.28. The molecule has 0 atom stereocenters. The van der Waals surface area contributed by atoms with Gasteiger partial charge in [0.15, 0.2) is 0 Å². The second-order valence-corrected chi connectivity index (χ2v) is 7.33. The van der Waals surface area contributed by atoms with Gasteiger partial charge in [-0.3, -0.25) is 4.79 Å². The Bertz CT molecular complexity index is 1220. The molecule has 0 unspecified atom stereocenters. The standard InChI is InChI=1S/C21H22N6O.C2H6/c1-13-4-2-7-18(23-13)24-15-5-3-6-16-20(15)21-25-19(28)12-17(27(21)26-16)14-8-10-22-11-9-14;1-2/h2-7,12,14,22H,8-11H2,1H3,(H,23,24)(H,25,28);1-2H3. The van der Waals surface area contributed by atoms with Crippen molar-refractivity contribution in [3.05, 3.63) is 64.2 Å². The Morgan fingerprint density at radius 2 is 1.87 bits per heavy atom. The van der Waals surface area contributed by atoms with Crippen LogP contribution in [0.4, 0.5) is 11.5 Å². The number of fused-ring (bicyclic) bond motifs is 3. The lowest BCUT2D eigenvalue weighted by atomic mass is 9.94. The van der Waals surface area contributed by atoms with Crippen LogP contribution in [0.2, 0.25) is 0 Å². The number of piperidine rings is 1. The molecule has 5 rings (SSSR count). The van der Waals surface area contributed by atoms with Gasteiger partial charge in [0.1, 0.15) is 11.5 Å². The number of benzene rings is 1. The molecule has 30 heavy (non-hydrogen) atoms. The number of hydrogen-bond donors (Lipinski definition) is 3. The lowest BCUT2D eigenvalue weighted by molar-refractivity contribution is 0.446. The first-order valence-electron chi connectivity index (χ1n) is 10.6. The van der Waals surface area contributed by atoms with Gasteiger partial charge in [-0.25, -0.2) is 9.50 Å². The normalized spacial score (nSPS) is 14.5. The van der Waals surface area contributed by atoms with E-state index in [4.69, 9.17) is 5.10 Å². The molecular formula is C23H28N6O. The smallest absolute Gasteiger partial charge is 0.251 e. The summed E-state index contributed by atoms with van der Waals surface area (Å²) in [4.78, 5) is 20.0. The van der Waals surface area contributed by atoms with E-state index in [-0.39, 0.29) is 5.56 Å². The van der Waals surface area contributed by atoms with Crippen LogP contribution in [0.15, 0.2) is 47.3 Å². The van der Waals surface area contributed by atoms with Gasteiger partial charge >= 0.3 is 0 Å². The highest BCUT2D eigenvalue weighted by molar-refractivity contribution is 6.03. The van der Waals surface area contributed by atoms with E-state index in [0.29, 0.717) is 5.92 Å². The molecule has 1 aliphatic rings. The molecule has 0 saturated carbocycles. The summed E-state index contributed by atoms with van der Waals surface area (Å²) in [5.74, 6) is 1.10. The lowest BCUT2D eigenvalue weighted by Crippen LogP contribution is -2.28. The molecule has 156 valence electrons. The van der Waals surface area contributed by atoms with Crippen LogP contribution in [0.1, 0.15) is 44.0 Å². The molecule has 3 aromatic heterocycles. The first-order chi connectivity index (χ1) is 14.7. The minimum Gasteiger partial charge on any atom is -0.340 e. The third-order valence-corrected chi connectivity index (χ3v) is 5.37. The highest BCUT2D eigenvalue weighted by atomic mass is 16.1. The van der Waals surface area contributed by atoms with Crippen molar-refractivity contribution in [3.63, 3.8) is 0 Å². The number of anilines is 2. The van der Waals surface area contributed by atoms with Crippen molar-refractivity contribution in [2.45, 2.75) is 39.5 Å². The zero-order chi connectivity index (χ0) is 21.1. The highest BCUT2D eigenvalue weighted by Crippen LogP contribution is 2.31. The van der Waals surface area contributed by atoms with Crippen LogP contribution >= 0.6 is 0 Å². The van der Waals surface area contributed by atoms with Crippen molar-refractivity contribution in [1.29, 1.82) is 0 Å². The van der Waals surface area contributed by atoms with E-state index >= 15 is 0 Å². The van der Waals surface area contributed by atoms with Gasteiger partial charge in [0.25, 0.3) is 5.56 Å². The number of aromatic nitrogens is 4. The van der Waals surface area contributed by atoms with E-state index in [0.717, 1.165) is 65.4 Å². The lowest BCUT2D eigenvalue weighted by Gasteiger charge is -2.23. The number of rotatable bonds is 3. The first-order valence-corrected chi connectivity index (χ1v) is 10.6. The molecular weight excluding hydrogens is 376 g/mol.